The molecule has 94 valence electrons. The van der Waals surface area contributed by atoms with Crippen LogP contribution < -0.4 is 20.7 Å². The van der Waals surface area contributed by atoms with E-state index in [9.17, 15) is 9.90 Å². The van der Waals surface area contributed by atoms with Gasteiger partial charge in [0.15, 0.2) is 17.6 Å². The molecule has 2 rings (SSSR count). The average Bonchev–Trinajstić information content (AvgIpc) is 2.28. The zero-order valence-electron chi connectivity index (χ0n) is 9.55. The monoisotopic (exact) mass is 241 g/mol. The van der Waals surface area contributed by atoms with Crippen LogP contribution in [-0.4, -0.2) is 31.9 Å². The quantitative estimate of drug-likeness (QED) is 0.796. The highest BCUT2D eigenvalue weighted by Gasteiger charge is 2.20. The minimum absolute atomic E-state index is 0. The summed E-state index contributed by atoms with van der Waals surface area (Å²) in [7, 11) is 0. The van der Waals surface area contributed by atoms with Crippen LogP contribution in [0.4, 0.5) is 0 Å². The molecule has 0 amide bonds. The molecule has 0 aliphatic carbocycles. The summed E-state index contributed by atoms with van der Waals surface area (Å²) in [5, 5.41) is 10.1. The minimum Gasteiger partial charge on any atom is -0.548 e. The minimum atomic E-state index is -1.24. The second-order valence-electron chi connectivity index (χ2n) is 3.38. The number of carboxylic acid groups (broad SMARTS) is 1. The van der Waals surface area contributed by atoms with Crippen molar-refractivity contribution in [3.63, 3.8) is 0 Å². The summed E-state index contributed by atoms with van der Waals surface area (Å²) in [4.78, 5) is 10.1. The number of para-hydroxylation sites is 2. The molecule has 1 atom stereocenters. The van der Waals surface area contributed by atoms with Crippen molar-refractivity contribution in [2.24, 2.45) is 0 Å². The molecule has 0 aromatic heterocycles. The maximum absolute atomic E-state index is 10.1. The molecular weight excluding hydrogens is 226 g/mol. The van der Waals surface area contributed by atoms with Crippen LogP contribution in [0.1, 0.15) is 0 Å². The number of benzene rings is 1. The number of rotatable bonds is 4. The molecule has 4 N–H and O–H groups in total. The zero-order chi connectivity index (χ0) is 11.4. The summed E-state index contributed by atoms with van der Waals surface area (Å²) in [5.41, 5.74) is 0. The molecule has 6 heteroatoms. The Morgan fingerprint density at radius 2 is 2.12 bits per heavy atom. The fourth-order valence-corrected chi connectivity index (χ4v) is 1.42. The van der Waals surface area contributed by atoms with Gasteiger partial charge in [0.05, 0.1) is 19.2 Å². The Morgan fingerprint density at radius 3 is 2.82 bits per heavy atom. The molecule has 0 radical (unpaired) electrons. The Balaban J connectivity index is 0.00000144. The van der Waals surface area contributed by atoms with Crippen molar-refractivity contribution >= 4 is 5.97 Å². The standard InChI is InChI=1S/C11H12O5.H3N/c12-11(13)7-14-5-8-6-15-9-3-1-2-4-10(9)16-8;/h1-4,8H,5-7H2,(H,12,13);1H3. The van der Waals surface area contributed by atoms with Gasteiger partial charge in [-0.3, -0.25) is 0 Å². The number of carbonyl (C=O) groups excluding carboxylic acids is 1. The van der Waals surface area contributed by atoms with Crippen molar-refractivity contribution < 1.29 is 24.1 Å². The van der Waals surface area contributed by atoms with Crippen LogP contribution in [-0.2, 0) is 9.53 Å². The molecule has 1 aromatic rings. The molecule has 0 fully saturated rings. The van der Waals surface area contributed by atoms with Gasteiger partial charge in [-0.25, -0.2) is 0 Å². The summed E-state index contributed by atoms with van der Waals surface area (Å²) in [6.45, 7) is 0.0912. The lowest BCUT2D eigenvalue weighted by molar-refractivity contribution is -0.309. The van der Waals surface area contributed by atoms with E-state index in [4.69, 9.17) is 14.2 Å². The predicted octanol–water partition coefficient (Wildman–Crippen LogP) is -0.0309. The van der Waals surface area contributed by atoms with E-state index in [-0.39, 0.29) is 18.9 Å². The van der Waals surface area contributed by atoms with E-state index >= 15 is 0 Å². The number of carbonyl (C=O) groups is 1. The Bertz CT molecular complexity index is 382. The van der Waals surface area contributed by atoms with E-state index < -0.39 is 12.6 Å². The zero-order valence-corrected chi connectivity index (χ0v) is 9.55. The van der Waals surface area contributed by atoms with Crippen molar-refractivity contribution in [2.45, 2.75) is 6.10 Å². The largest absolute Gasteiger partial charge is 0.548 e. The number of hydrogen-bond donors (Lipinski definition) is 1. The van der Waals surface area contributed by atoms with Crippen LogP contribution in [0.15, 0.2) is 24.3 Å². The molecule has 1 aliphatic rings. The van der Waals surface area contributed by atoms with Crippen molar-refractivity contribution in [3.05, 3.63) is 24.3 Å². The second-order valence-corrected chi connectivity index (χ2v) is 3.38. The van der Waals surface area contributed by atoms with Gasteiger partial charge in [0.25, 0.3) is 0 Å². The molecule has 0 saturated carbocycles. The third-order valence-corrected chi connectivity index (χ3v) is 2.09. The van der Waals surface area contributed by atoms with Crippen molar-refractivity contribution in [1.29, 1.82) is 0 Å². The van der Waals surface area contributed by atoms with E-state index in [1.165, 1.54) is 0 Å². The summed E-state index contributed by atoms with van der Waals surface area (Å²) in [6, 6.07) is 7.30. The number of ether oxygens (including phenoxy) is 3. The van der Waals surface area contributed by atoms with Crippen LogP contribution >= 0.6 is 0 Å². The number of aliphatic carboxylic acids is 1. The number of carboxylic acids is 1. The highest BCUT2D eigenvalue weighted by molar-refractivity contribution is 5.65. The van der Waals surface area contributed by atoms with Gasteiger partial charge in [0.2, 0.25) is 0 Å². The smallest absolute Gasteiger partial charge is 0.161 e. The summed E-state index contributed by atoms with van der Waals surface area (Å²) in [6.07, 6.45) is -0.283. The van der Waals surface area contributed by atoms with Crippen LogP contribution in [0.3, 0.4) is 0 Å². The predicted molar refractivity (Wildman–Crippen MR) is 58.2 cm³/mol. The van der Waals surface area contributed by atoms with Crippen LogP contribution in [0.25, 0.3) is 0 Å². The van der Waals surface area contributed by atoms with Gasteiger partial charge in [-0.05, 0) is 12.1 Å². The molecule has 1 aliphatic heterocycles. The first-order valence-electron chi connectivity index (χ1n) is 4.92. The summed E-state index contributed by atoms with van der Waals surface area (Å²) in [5.74, 6) is 0.103. The van der Waals surface area contributed by atoms with Crippen LogP contribution in [0.5, 0.6) is 11.5 Å². The second kappa shape index (κ2) is 6.07. The van der Waals surface area contributed by atoms with Gasteiger partial charge in [0.1, 0.15) is 6.61 Å². The first kappa shape index (κ1) is 13.3. The normalized spacial score (nSPS) is 17.1. The van der Waals surface area contributed by atoms with Gasteiger partial charge >= 0.3 is 0 Å². The van der Waals surface area contributed by atoms with E-state index in [1.54, 1.807) is 6.07 Å². The van der Waals surface area contributed by atoms with Gasteiger partial charge in [-0.15, -0.1) is 0 Å². The topological polar surface area (TPSA) is 104 Å². The van der Waals surface area contributed by atoms with E-state index in [0.717, 1.165) is 0 Å². The van der Waals surface area contributed by atoms with Gasteiger partial charge in [-0.2, -0.15) is 0 Å². The Labute approximate surface area is 98.7 Å². The number of hydrogen-bond acceptors (Lipinski definition) is 5. The molecule has 0 bridgehead atoms. The van der Waals surface area contributed by atoms with E-state index in [1.807, 2.05) is 18.2 Å². The Kier molecular flexibility index (Phi) is 4.74. The van der Waals surface area contributed by atoms with Crippen molar-refractivity contribution in [3.8, 4) is 11.5 Å². The first-order chi connectivity index (χ1) is 7.75. The van der Waals surface area contributed by atoms with E-state index in [0.29, 0.717) is 18.1 Å². The molecular formula is C11H15NO5. The first-order valence-corrected chi connectivity index (χ1v) is 4.92. The maximum Gasteiger partial charge on any atom is 0.161 e. The highest BCUT2D eigenvalue weighted by atomic mass is 16.6. The van der Waals surface area contributed by atoms with Gasteiger partial charge in [0, 0.05) is 0 Å². The lowest BCUT2D eigenvalue weighted by Gasteiger charge is -2.26. The van der Waals surface area contributed by atoms with Gasteiger partial charge < -0.3 is 30.3 Å². The summed E-state index contributed by atoms with van der Waals surface area (Å²) < 4.78 is 15.9. The Morgan fingerprint density at radius 1 is 1.41 bits per heavy atom. The molecule has 1 aromatic carbocycles. The number of fused-ring (bicyclic) bond motifs is 1. The molecule has 6 nitrogen and oxygen atoms in total. The van der Waals surface area contributed by atoms with E-state index in [2.05, 4.69) is 0 Å². The van der Waals surface area contributed by atoms with Crippen LogP contribution in [0, 0.1) is 0 Å². The number of quaternary nitrogens is 1. The SMILES string of the molecule is O=C([O-])COCC1COc2ccccc2O1.[NH4+]. The fraction of sp³-hybridized carbons (Fsp3) is 0.364. The lowest BCUT2D eigenvalue weighted by Crippen LogP contribution is -2.35. The molecule has 17 heavy (non-hydrogen) atoms. The third kappa shape index (κ3) is 3.61. The molecule has 1 unspecified atom stereocenters. The van der Waals surface area contributed by atoms with Gasteiger partial charge in [-0.1, -0.05) is 12.1 Å². The molecule has 0 saturated heterocycles. The molecule has 1 heterocycles. The molecule has 0 spiro atoms. The lowest BCUT2D eigenvalue weighted by atomic mass is 10.3. The maximum atomic E-state index is 10.1. The summed E-state index contributed by atoms with van der Waals surface area (Å²) >= 11 is 0. The Hall–Kier alpha value is -1.79. The van der Waals surface area contributed by atoms with Crippen molar-refractivity contribution in [1.82, 2.24) is 6.15 Å². The average molecular weight is 241 g/mol. The van der Waals surface area contributed by atoms with Crippen molar-refractivity contribution in [2.75, 3.05) is 19.8 Å². The third-order valence-electron chi connectivity index (χ3n) is 2.09. The van der Waals surface area contributed by atoms with Crippen LogP contribution in [0.2, 0.25) is 0 Å². The highest BCUT2D eigenvalue weighted by Crippen LogP contribution is 2.30. The fourth-order valence-electron chi connectivity index (χ4n) is 1.42.